The molecule has 0 aromatic heterocycles. The number of hydrogen-bond donors (Lipinski definition) is 1. The van der Waals surface area contributed by atoms with Gasteiger partial charge in [0, 0.05) is 5.92 Å². The fraction of sp³-hybridized carbons (Fsp3) is 1.00. The molecule has 1 rings (SSSR count). The van der Waals surface area contributed by atoms with Gasteiger partial charge in [-0.1, -0.05) is 40.0 Å². The Labute approximate surface area is 100.0 Å². The van der Waals surface area contributed by atoms with E-state index < -0.39 is 6.17 Å². The molecule has 1 aliphatic rings. The molecular weight excluding hydrogens is 201 g/mol. The highest BCUT2D eigenvalue weighted by atomic mass is 19.1. The van der Waals surface area contributed by atoms with Crippen LogP contribution in [0.5, 0.6) is 0 Å². The molecule has 1 aliphatic carbocycles. The van der Waals surface area contributed by atoms with Crippen LogP contribution >= 0.6 is 0 Å². The number of alkyl halides is 1. The molecular formula is C14H28FN. The molecule has 2 atom stereocenters. The fourth-order valence-electron chi connectivity index (χ4n) is 3.03. The first-order valence-corrected chi connectivity index (χ1v) is 6.94. The van der Waals surface area contributed by atoms with Crippen molar-refractivity contribution in [1.29, 1.82) is 0 Å². The van der Waals surface area contributed by atoms with E-state index in [4.69, 9.17) is 5.73 Å². The van der Waals surface area contributed by atoms with Gasteiger partial charge in [0.2, 0.25) is 0 Å². The van der Waals surface area contributed by atoms with Crippen molar-refractivity contribution in [3.63, 3.8) is 0 Å². The SMILES string of the molecule is CCC1CCC(C(F)C(CN)C(C)C)CC1. The monoisotopic (exact) mass is 229 g/mol. The Hall–Kier alpha value is -0.110. The summed E-state index contributed by atoms with van der Waals surface area (Å²) in [5, 5.41) is 0. The minimum absolute atomic E-state index is 0.0585. The van der Waals surface area contributed by atoms with Crippen LogP contribution in [0, 0.1) is 23.7 Å². The normalized spacial score (nSPS) is 30.4. The zero-order chi connectivity index (χ0) is 12.1. The molecule has 1 saturated carbocycles. The molecule has 0 radical (unpaired) electrons. The lowest BCUT2D eigenvalue weighted by molar-refractivity contribution is 0.0845. The Bertz CT molecular complexity index is 185. The Kier molecular flexibility index (Phi) is 5.74. The van der Waals surface area contributed by atoms with Crippen LogP contribution in [0.3, 0.4) is 0 Å². The van der Waals surface area contributed by atoms with Gasteiger partial charge in [0.25, 0.3) is 0 Å². The van der Waals surface area contributed by atoms with Gasteiger partial charge in [-0.25, -0.2) is 4.39 Å². The lowest BCUT2D eigenvalue weighted by Crippen LogP contribution is -2.36. The van der Waals surface area contributed by atoms with E-state index in [0.717, 1.165) is 18.8 Å². The number of nitrogens with two attached hydrogens (primary N) is 1. The van der Waals surface area contributed by atoms with Crippen LogP contribution in [-0.2, 0) is 0 Å². The number of halogens is 1. The van der Waals surface area contributed by atoms with Crippen molar-refractivity contribution in [3.8, 4) is 0 Å². The van der Waals surface area contributed by atoms with Gasteiger partial charge in [0.05, 0.1) is 0 Å². The average molecular weight is 229 g/mol. The quantitative estimate of drug-likeness (QED) is 0.763. The fourth-order valence-corrected chi connectivity index (χ4v) is 3.03. The maximum absolute atomic E-state index is 14.4. The van der Waals surface area contributed by atoms with Gasteiger partial charge >= 0.3 is 0 Å². The molecule has 16 heavy (non-hydrogen) atoms. The summed E-state index contributed by atoms with van der Waals surface area (Å²) in [5.41, 5.74) is 5.69. The predicted octanol–water partition coefficient (Wildman–Crippen LogP) is 3.77. The highest BCUT2D eigenvalue weighted by molar-refractivity contribution is 4.83. The molecule has 2 N–H and O–H groups in total. The minimum Gasteiger partial charge on any atom is -0.330 e. The summed E-state index contributed by atoms with van der Waals surface area (Å²) >= 11 is 0. The van der Waals surface area contributed by atoms with Crippen molar-refractivity contribution in [1.82, 2.24) is 0 Å². The van der Waals surface area contributed by atoms with Crippen molar-refractivity contribution in [2.45, 2.75) is 59.0 Å². The van der Waals surface area contributed by atoms with E-state index in [1.165, 1.54) is 19.3 Å². The lowest BCUT2D eigenvalue weighted by atomic mass is 9.74. The Morgan fingerprint density at radius 2 is 1.75 bits per heavy atom. The third-order valence-corrected chi connectivity index (χ3v) is 4.46. The summed E-state index contributed by atoms with van der Waals surface area (Å²) in [6.45, 7) is 6.91. The first kappa shape index (κ1) is 14.0. The molecule has 0 heterocycles. The second kappa shape index (κ2) is 6.58. The first-order chi connectivity index (χ1) is 7.60. The third kappa shape index (κ3) is 3.44. The average Bonchev–Trinajstić information content (AvgIpc) is 2.29. The molecule has 1 fully saturated rings. The van der Waals surface area contributed by atoms with Crippen molar-refractivity contribution in [2.24, 2.45) is 29.4 Å². The van der Waals surface area contributed by atoms with E-state index in [2.05, 4.69) is 20.8 Å². The van der Waals surface area contributed by atoms with Crippen molar-refractivity contribution < 1.29 is 4.39 Å². The van der Waals surface area contributed by atoms with Gasteiger partial charge in [-0.2, -0.15) is 0 Å². The van der Waals surface area contributed by atoms with Gasteiger partial charge in [0.1, 0.15) is 6.17 Å². The van der Waals surface area contributed by atoms with Crippen LogP contribution in [0.15, 0.2) is 0 Å². The van der Waals surface area contributed by atoms with E-state index in [1.807, 2.05) is 0 Å². The lowest BCUT2D eigenvalue weighted by Gasteiger charge is -2.34. The molecule has 0 aromatic carbocycles. The molecule has 0 aliphatic heterocycles. The van der Waals surface area contributed by atoms with Crippen molar-refractivity contribution in [2.75, 3.05) is 6.54 Å². The van der Waals surface area contributed by atoms with Crippen molar-refractivity contribution in [3.05, 3.63) is 0 Å². The van der Waals surface area contributed by atoms with E-state index in [1.54, 1.807) is 0 Å². The maximum atomic E-state index is 14.4. The highest BCUT2D eigenvalue weighted by Crippen LogP contribution is 2.37. The molecule has 0 bridgehead atoms. The Morgan fingerprint density at radius 1 is 1.19 bits per heavy atom. The molecule has 2 unspecified atom stereocenters. The third-order valence-electron chi connectivity index (χ3n) is 4.46. The van der Waals surface area contributed by atoms with Gasteiger partial charge in [-0.05, 0) is 37.1 Å². The van der Waals surface area contributed by atoms with Crippen molar-refractivity contribution >= 4 is 0 Å². The second-order valence-electron chi connectivity index (χ2n) is 5.78. The summed E-state index contributed by atoms with van der Waals surface area (Å²) in [7, 11) is 0. The van der Waals surface area contributed by atoms with Crippen LogP contribution < -0.4 is 5.73 Å². The van der Waals surface area contributed by atoms with Gasteiger partial charge in [-0.3, -0.25) is 0 Å². The van der Waals surface area contributed by atoms with Gasteiger partial charge < -0.3 is 5.73 Å². The van der Waals surface area contributed by atoms with E-state index in [0.29, 0.717) is 12.5 Å². The largest absolute Gasteiger partial charge is 0.330 e. The zero-order valence-corrected chi connectivity index (χ0v) is 11.1. The zero-order valence-electron chi connectivity index (χ0n) is 11.1. The summed E-state index contributed by atoms with van der Waals surface area (Å²) in [6, 6.07) is 0. The highest BCUT2D eigenvalue weighted by Gasteiger charge is 2.33. The molecule has 0 saturated heterocycles. The molecule has 96 valence electrons. The second-order valence-corrected chi connectivity index (χ2v) is 5.78. The van der Waals surface area contributed by atoms with Crippen LogP contribution in [0.1, 0.15) is 52.9 Å². The summed E-state index contributed by atoms with van der Waals surface area (Å²) in [6.07, 6.45) is 5.16. The summed E-state index contributed by atoms with van der Waals surface area (Å²) in [4.78, 5) is 0. The smallest absolute Gasteiger partial charge is 0.107 e. The first-order valence-electron chi connectivity index (χ1n) is 6.94. The van der Waals surface area contributed by atoms with Crippen LogP contribution in [0.25, 0.3) is 0 Å². The van der Waals surface area contributed by atoms with Crippen LogP contribution in [0.2, 0.25) is 0 Å². The molecule has 1 nitrogen and oxygen atoms in total. The summed E-state index contributed by atoms with van der Waals surface area (Å²) in [5.74, 6) is 1.55. The van der Waals surface area contributed by atoms with Gasteiger partial charge in [-0.15, -0.1) is 0 Å². The number of hydrogen-bond acceptors (Lipinski definition) is 1. The molecule has 0 amide bonds. The Morgan fingerprint density at radius 3 is 2.12 bits per heavy atom. The van der Waals surface area contributed by atoms with Gasteiger partial charge in [0.15, 0.2) is 0 Å². The molecule has 0 spiro atoms. The van der Waals surface area contributed by atoms with Crippen LogP contribution in [0.4, 0.5) is 4.39 Å². The summed E-state index contributed by atoms with van der Waals surface area (Å²) < 4.78 is 14.4. The molecule has 2 heteroatoms. The van der Waals surface area contributed by atoms with E-state index in [-0.39, 0.29) is 11.8 Å². The standard InChI is InChI=1S/C14H28FN/c1-4-11-5-7-12(8-6-11)14(15)13(9-16)10(2)3/h10-14H,4-9,16H2,1-3H3. The number of rotatable bonds is 5. The van der Waals surface area contributed by atoms with Crippen LogP contribution in [-0.4, -0.2) is 12.7 Å². The maximum Gasteiger partial charge on any atom is 0.107 e. The Balaban J connectivity index is 2.45. The topological polar surface area (TPSA) is 26.0 Å². The molecule has 0 aromatic rings. The van der Waals surface area contributed by atoms with E-state index >= 15 is 0 Å². The van der Waals surface area contributed by atoms with E-state index in [9.17, 15) is 4.39 Å². The predicted molar refractivity (Wildman–Crippen MR) is 68.0 cm³/mol. The minimum atomic E-state index is -0.678.